The number of benzene rings is 1. The molecule has 1 aliphatic rings. The summed E-state index contributed by atoms with van der Waals surface area (Å²) in [5, 5.41) is 4.68. The molecular formula is C23H32N2O. The third-order valence-corrected chi connectivity index (χ3v) is 5.40. The van der Waals surface area contributed by atoms with E-state index in [2.05, 4.69) is 24.4 Å². The number of ketones is 1. The number of nitrogens with zero attached hydrogens (tertiary/aromatic N) is 1. The van der Waals surface area contributed by atoms with Gasteiger partial charge in [-0.2, -0.15) is 0 Å². The normalized spacial score (nSPS) is 13.8. The lowest BCUT2D eigenvalue weighted by molar-refractivity contribution is 0.0972. The number of unbranched alkanes of at least 4 members (excludes halogenated alkanes) is 7. The summed E-state index contributed by atoms with van der Waals surface area (Å²) in [6, 6.07) is 8.19. The van der Waals surface area contributed by atoms with Crippen molar-refractivity contribution in [2.75, 3.05) is 11.9 Å². The number of carbonyl (C=O) groups excluding carboxylic acids is 1. The lowest BCUT2D eigenvalue weighted by Gasteiger charge is -2.20. The molecule has 0 amide bonds. The molecule has 3 rings (SSSR count). The third kappa shape index (κ3) is 4.63. The third-order valence-electron chi connectivity index (χ3n) is 5.40. The maximum atomic E-state index is 12.5. The molecule has 2 aromatic rings. The number of carbonyl (C=O) groups is 1. The van der Waals surface area contributed by atoms with E-state index in [9.17, 15) is 4.79 Å². The highest BCUT2D eigenvalue weighted by atomic mass is 16.1. The summed E-state index contributed by atoms with van der Waals surface area (Å²) in [5.74, 6) is 0.253. The smallest absolute Gasteiger partial charge is 0.166 e. The highest BCUT2D eigenvalue weighted by Crippen LogP contribution is 2.33. The predicted molar refractivity (Wildman–Crippen MR) is 110 cm³/mol. The van der Waals surface area contributed by atoms with Gasteiger partial charge in [0.15, 0.2) is 5.78 Å². The van der Waals surface area contributed by atoms with Crippen LogP contribution < -0.4 is 5.32 Å². The average molecular weight is 353 g/mol. The zero-order valence-corrected chi connectivity index (χ0v) is 16.2. The van der Waals surface area contributed by atoms with Gasteiger partial charge in [-0.3, -0.25) is 9.78 Å². The van der Waals surface area contributed by atoms with Gasteiger partial charge in [-0.15, -0.1) is 0 Å². The molecule has 0 spiro atoms. The van der Waals surface area contributed by atoms with Gasteiger partial charge < -0.3 is 5.32 Å². The van der Waals surface area contributed by atoms with E-state index >= 15 is 0 Å². The molecule has 1 aromatic carbocycles. The first-order valence-corrected chi connectivity index (χ1v) is 10.5. The molecule has 1 N–H and O–H groups in total. The van der Waals surface area contributed by atoms with E-state index in [-0.39, 0.29) is 5.78 Å². The molecule has 0 fully saturated rings. The van der Waals surface area contributed by atoms with Crippen LogP contribution in [0.4, 0.5) is 5.69 Å². The fourth-order valence-electron chi connectivity index (χ4n) is 3.94. The van der Waals surface area contributed by atoms with Gasteiger partial charge in [-0.25, -0.2) is 0 Å². The fourth-order valence-corrected chi connectivity index (χ4v) is 3.94. The van der Waals surface area contributed by atoms with E-state index in [1.165, 1.54) is 44.9 Å². The van der Waals surface area contributed by atoms with Gasteiger partial charge in [0.05, 0.1) is 22.5 Å². The maximum Gasteiger partial charge on any atom is 0.166 e. The van der Waals surface area contributed by atoms with Crippen molar-refractivity contribution >= 4 is 22.4 Å². The van der Waals surface area contributed by atoms with Crippen molar-refractivity contribution in [3.63, 3.8) is 0 Å². The number of rotatable bonds is 10. The first kappa shape index (κ1) is 18.9. The Bertz CT molecular complexity index is 738. The van der Waals surface area contributed by atoms with Gasteiger partial charge in [0.2, 0.25) is 0 Å². The molecule has 26 heavy (non-hydrogen) atoms. The lowest BCUT2D eigenvalue weighted by Crippen LogP contribution is -2.17. The Balaban J connectivity index is 1.60. The Morgan fingerprint density at radius 1 is 0.962 bits per heavy atom. The molecule has 1 heterocycles. The van der Waals surface area contributed by atoms with Crippen LogP contribution in [0, 0.1) is 0 Å². The minimum atomic E-state index is 0.253. The van der Waals surface area contributed by atoms with Crippen LogP contribution in [0.1, 0.15) is 87.2 Å². The number of Topliss-reactive ketones (excluding diaryl/α,β-unsaturated/α-hetero) is 1. The summed E-state index contributed by atoms with van der Waals surface area (Å²) in [4.78, 5) is 17.3. The number of hydrogen-bond donors (Lipinski definition) is 1. The van der Waals surface area contributed by atoms with Crippen LogP contribution in [-0.4, -0.2) is 17.3 Å². The van der Waals surface area contributed by atoms with Crippen molar-refractivity contribution in [3.8, 4) is 0 Å². The van der Waals surface area contributed by atoms with E-state index in [0.717, 1.165) is 53.7 Å². The molecule has 0 bridgehead atoms. The molecule has 1 aromatic heterocycles. The molecule has 0 atom stereocenters. The van der Waals surface area contributed by atoms with Crippen molar-refractivity contribution < 1.29 is 4.79 Å². The van der Waals surface area contributed by atoms with Gasteiger partial charge in [-0.05, 0) is 25.3 Å². The lowest BCUT2D eigenvalue weighted by atomic mass is 9.91. The topological polar surface area (TPSA) is 42.0 Å². The van der Waals surface area contributed by atoms with E-state index in [4.69, 9.17) is 4.98 Å². The second kappa shape index (κ2) is 9.70. The number of fused-ring (bicyclic) bond motifs is 2. The summed E-state index contributed by atoms with van der Waals surface area (Å²) in [7, 11) is 0. The van der Waals surface area contributed by atoms with E-state index in [1.807, 2.05) is 12.1 Å². The van der Waals surface area contributed by atoms with Crippen molar-refractivity contribution in [2.45, 2.75) is 77.6 Å². The summed E-state index contributed by atoms with van der Waals surface area (Å²) >= 11 is 0. The molecule has 0 unspecified atom stereocenters. The predicted octanol–water partition coefficient (Wildman–Crippen LogP) is 6.31. The maximum absolute atomic E-state index is 12.5. The number of aryl methyl sites for hydroxylation is 1. The quantitative estimate of drug-likeness (QED) is 0.510. The standard InChI is InChI=1S/C23H32N2O/c1-2-3-4-5-6-7-8-11-17-24-23-18-13-9-10-14-19(18)25-20-15-12-16-21(26)22(20)23/h9-10,13-14H,2-8,11-12,15-17H2,1H3,(H,24,25). The van der Waals surface area contributed by atoms with Crippen molar-refractivity contribution in [3.05, 3.63) is 35.5 Å². The van der Waals surface area contributed by atoms with Crippen LogP contribution in [0.15, 0.2) is 24.3 Å². The molecule has 1 aliphatic carbocycles. The van der Waals surface area contributed by atoms with Gasteiger partial charge in [0.1, 0.15) is 0 Å². The molecule has 3 heteroatoms. The Morgan fingerprint density at radius 3 is 2.50 bits per heavy atom. The summed E-state index contributed by atoms with van der Waals surface area (Å²) in [6.45, 7) is 3.20. The Hall–Kier alpha value is -1.90. The molecule has 0 saturated heterocycles. The summed E-state index contributed by atoms with van der Waals surface area (Å²) in [6.07, 6.45) is 13.0. The van der Waals surface area contributed by atoms with Crippen LogP contribution in [0.5, 0.6) is 0 Å². The Morgan fingerprint density at radius 2 is 1.69 bits per heavy atom. The van der Waals surface area contributed by atoms with E-state index in [0.29, 0.717) is 6.42 Å². The number of nitrogens with one attached hydrogen (secondary N) is 1. The summed E-state index contributed by atoms with van der Waals surface area (Å²) < 4.78 is 0. The number of para-hydroxylation sites is 1. The van der Waals surface area contributed by atoms with Crippen LogP contribution in [-0.2, 0) is 6.42 Å². The van der Waals surface area contributed by atoms with Crippen LogP contribution in [0.2, 0.25) is 0 Å². The summed E-state index contributed by atoms with van der Waals surface area (Å²) in [5.41, 5.74) is 3.87. The molecule has 3 nitrogen and oxygen atoms in total. The number of anilines is 1. The fraction of sp³-hybridized carbons (Fsp3) is 0.565. The molecule has 0 aliphatic heterocycles. The highest BCUT2D eigenvalue weighted by molar-refractivity contribution is 6.09. The molecule has 0 radical (unpaired) electrons. The minimum Gasteiger partial charge on any atom is -0.384 e. The first-order chi connectivity index (χ1) is 12.8. The number of aromatic nitrogens is 1. The van der Waals surface area contributed by atoms with Crippen molar-refractivity contribution in [1.82, 2.24) is 4.98 Å². The van der Waals surface area contributed by atoms with Gasteiger partial charge in [0, 0.05) is 18.4 Å². The molecular weight excluding hydrogens is 320 g/mol. The van der Waals surface area contributed by atoms with Gasteiger partial charge in [-0.1, -0.05) is 70.1 Å². The minimum absolute atomic E-state index is 0.253. The Kier molecular flexibility index (Phi) is 7.04. The van der Waals surface area contributed by atoms with E-state index < -0.39 is 0 Å². The highest BCUT2D eigenvalue weighted by Gasteiger charge is 2.24. The zero-order chi connectivity index (χ0) is 18.2. The van der Waals surface area contributed by atoms with Crippen LogP contribution in [0.3, 0.4) is 0 Å². The van der Waals surface area contributed by atoms with E-state index in [1.54, 1.807) is 0 Å². The van der Waals surface area contributed by atoms with Crippen LogP contribution in [0.25, 0.3) is 10.9 Å². The largest absolute Gasteiger partial charge is 0.384 e. The van der Waals surface area contributed by atoms with Crippen molar-refractivity contribution in [1.29, 1.82) is 0 Å². The van der Waals surface area contributed by atoms with Crippen LogP contribution >= 0.6 is 0 Å². The number of hydrogen-bond acceptors (Lipinski definition) is 3. The average Bonchev–Trinajstić information content (AvgIpc) is 2.66. The van der Waals surface area contributed by atoms with Gasteiger partial charge >= 0.3 is 0 Å². The zero-order valence-electron chi connectivity index (χ0n) is 16.2. The molecule has 0 saturated carbocycles. The van der Waals surface area contributed by atoms with Gasteiger partial charge in [0.25, 0.3) is 0 Å². The number of pyridine rings is 1. The second-order valence-corrected chi connectivity index (χ2v) is 7.50. The monoisotopic (exact) mass is 352 g/mol. The first-order valence-electron chi connectivity index (χ1n) is 10.5. The Labute approximate surface area is 157 Å². The van der Waals surface area contributed by atoms with Crippen molar-refractivity contribution in [2.24, 2.45) is 0 Å². The SMILES string of the molecule is CCCCCCCCCCNc1c2c(nc3ccccc13)CCCC2=O. The molecule has 140 valence electrons. The second-order valence-electron chi connectivity index (χ2n) is 7.50.